The summed E-state index contributed by atoms with van der Waals surface area (Å²) < 4.78 is 0. The molecule has 0 aliphatic rings. The average Bonchev–Trinajstić information content (AvgIpc) is 2.74. The zero-order valence-electron chi connectivity index (χ0n) is 10.0. The van der Waals surface area contributed by atoms with E-state index in [0.717, 1.165) is 29.0 Å². The van der Waals surface area contributed by atoms with Crippen molar-refractivity contribution in [2.24, 2.45) is 0 Å². The summed E-state index contributed by atoms with van der Waals surface area (Å²) in [6.07, 6.45) is 0. The van der Waals surface area contributed by atoms with E-state index in [4.69, 9.17) is 0 Å². The highest BCUT2D eigenvalue weighted by Gasteiger charge is 2.02. The summed E-state index contributed by atoms with van der Waals surface area (Å²) in [7, 11) is 0. The number of hydrogen-bond donors (Lipinski definition) is 2. The van der Waals surface area contributed by atoms with Gasteiger partial charge in [0.1, 0.15) is 5.82 Å². The van der Waals surface area contributed by atoms with E-state index in [1.807, 2.05) is 6.92 Å². The Morgan fingerprint density at radius 1 is 1.29 bits per heavy atom. The average molecular weight is 248 g/mol. The van der Waals surface area contributed by atoms with Gasteiger partial charge in [-0.2, -0.15) is 0 Å². The molecule has 5 heteroatoms. The normalized spacial score (nSPS) is 10.7. The summed E-state index contributed by atoms with van der Waals surface area (Å²) in [5.74, 6) is 0.844. The molecule has 17 heavy (non-hydrogen) atoms. The van der Waals surface area contributed by atoms with E-state index in [1.54, 1.807) is 11.8 Å². The number of nitrogens with one attached hydrogen (secondary N) is 2. The third-order valence-electron chi connectivity index (χ3n) is 2.29. The predicted molar refractivity (Wildman–Crippen MR) is 69.1 cm³/mol. The van der Waals surface area contributed by atoms with Gasteiger partial charge in [0.2, 0.25) is 5.16 Å². The molecule has 0 fully saturated rings. The molecule has 2 N–H and O–H groups in total. The Kier molecular flexibility index (Phi) is 4.17. The lowest BCUT2D eigenvalue weighted by molar-refractivity contribution is 0.726. The minimum Gasteiger partial charge on any atom is -0.313 e. The lowest BCUT2D eigenvalue weighted by Gasteiger charge is -2.02. The fraction of sp³-hybridized carbons (Fsp3) is 0.333. The highest BCUT2D eigenvalue weighted by molar-refractivity contribution is 7.99. The molecule has 0 unspecified atom stereocenters. The van der Waals surface area contributed by atoms with Gasteiger partial charge in [0.05, 0.1) is 0 Å². The molecular formula is C12H16N4S. The topological polar surface area (TPSA) is 53.6 Å². The molecule has 0 saturated heterocycles. The fourth-order valence-corrected chi connectivity index (χ4v) is 2.17. The van der Waals surface area contributed by atoms with Crippen LogP contribution >= 0.6 is 11.8 Å². The molecule has 0 radical (unpaired) electrons. The summed E-state index contributed by atoms with van der Waals surface area (Å²) in [6.45, 7) is 5.92. The van der Waals surface area contributed by atoms with Crippen LogP contribution in [0.2, 0.25) is 0 Å². The number of nitrogens with zero attached hydrogens (tertiary/aromatic N) is 2. The van der Waals surface area contributed by atoms with Crippen molar-refractivity contribution < 1.29 is 0 Å². The summed E-state index contributed by atoms with van der Waals surface area (Å²) in [4.78, 5) is 5.42. The fourth-order valence-electron chi connectivity index (χ4n) is 1.42. The van der Waals surface area contributed by atoms with Gasteiger partial charge < -0.3 is 5.32 Å². The first kappa shape index (κ1) is 12.1. The third kappa shape index (κ3) is 3.57. The summed E-state index contributed by atoms with van der Waals surface area (Å²) in [5, 5.41) is 11.0. The number of benzene rings is 1. The molecule has 1 aromatic carbocycles. The summed E-state index contributed by atoms with van der Waals surface area (Å²) in [5.41, 5.74) is 1.29. The molecule has 0 bridgehead atoms. The summed E-state index contributed by atoms with van der Waals surface area (Å²) in [6, 6.07) is 8.46. The minimum absolute atomic E-state index is 0.766. The SMILES string of the molecule is CCNCc1ccc(Sc2n[nH]c(C)n2)cc1. The van der Waals surface area contributed by atoms with Crippen LogP contribution in [0.5, 0.6) is 0 Å². The quantitative estimate of drug-likeness (QED) is 0.853. The first-order chi connectivity index (χ1) is 8.28. The van der Waals surface area contributed by atoms with Crippen LogP contribution in [0.3, 0.4) is 0 Å². The van der Waals surface area contributed by atoms with Crippen molar-refractivity contribution in [2.45, 2.75) is 30.4 Å². The van der Waals surface area contributed by atoms with Crippen LogP contribution in [-0.2, 0) is 6.54 Å². The lowest BCUT2D eigenvalue weighted by Crippen LogP contribution is -2.11. The van der Waals surface area contributed by atoms with Crippen molar-refractivity contribution in [3.63, 3.8) is 0 Å². The molecule has 4 nitrogen and oxygen atoms in total. The van der Waals surface area contributed by atoms with Gasteiger partial charge in [0.25, 0.3) is 0 Å². The van der Waals surface area contributed by atoms with Gasteiger partial charge in [-0.25, -0.2) is 4.98 Å². The maximum atomic E-state index is 4.26. The van der Waals surface area contributed by atoms with Gasteiger partial charge in [-0.1, -0.05) is 19.1 Å². The van der Waals surface area contributed by atoms with E-state index in [0.29, 0.717) is 0 Å². The van der Waals surface area contributed by atoms with Gasteiger partial charge in [-0.3, -0.25) is 5.10 Å². The highest BCUT2D eigenvalue weighted by atomic mass is 32.2. The maximum Gasteiger partial charge on any atom is 0.213 e. The molecule has 1 aromatic heterocycles. The molecule has 0 aliphatic heterocycles. The zero-order chi connectivity index (χ0) is 12.1. The van der Waals surface area contributed by atoms with Gasteiger partial charge in [-0.15, -0.1) is 5.10 Å². The molecule has 90 valence electrons. The van der Waals surface area contributed by atoms with Crippen molar-refractivity contribution in [3.8, 4) is 0 Å². The molecular weight excluding hydrogens is 232 g/mol. The smallest absolute Gasteiger partial charge is 0.213 e. The number of H-pyrrole nitrogens is 1. The second kappa shape index (κ2) is 5.84. The van der Waals surface area contributed by atoms with Crippen LogP contribution in [-0.4, -0.2) is 21.7 Å². The second-order valence-electron chi connectivity index (χ2n) is 3.73. The van der Waals surface area contributed by atoms with E-state index in [-0.39, 0.29) is 0 Å². The van der Waals surface area contributed by atoms with Crippen LogP contribution in [0.15, 0.2) is 34.3 Å². The van der Waals surface area contributed by atoms with Crippen molar-refractivity contribution in [1.82, 2.24) is 20.5 Å². The van der Waals surface area contributed by atoms with Gasteiger partial charge in [-0.05, 0) is 42.9 Å². The standard InChI is InChI=1S/C12H16N4S/c1-3-13-8-10-4-6-11(7-5-10)17-12-14-9(2)15-16-12/h4-7,13H,3,8H2,1-2H3,(H,14,15,16). The van der Waals surface area contributed by atoms with Crippen molar-refractivity contribution in [3.05, 3.63) is 35.7 Å². The third-order valence-corrected chi connectivity index (χ3v) is 3.16. The first-order valence-electron chi connectivity index (χ1n) is 5.64. The van der Waals surface area contributed by atoms with Crippen molar-refractivity contribution >= 4 is 11.8 Å². The minimum atomic E-state index is 0.766. The van der Waals surface area contributed by atoms with Crippen molar-refractivity contribution in [2.75, 3.05) is 6.54 Å². The Hall–Kier alpha value is -1.33. The summed E-state index contributed by atoms with van der Waals surface area (Å²) >= 11 is 1.57. The molecule has 2 aromatic rings. The van der Waals surface area contributed by atoms with E-state index in [9.17, 15) is 0 Å². The Bertz CT molecular complexity index is 464. The van der Waals surface area contributed by atoms with Crippen molar-refractivity contribution in [1.29, 1.82) is 0 Å². The molecule has 0 aliphatic carbocycles. The van der Waals surface area contributed by atoms with E-state index in [2.05, 4.69) is 51.7 Å². The number of aryl methyl sites for hydroxylation is 1. The van der Waals surface area contributed by atoms with Gasteiger partial charge in [0.15, 0.2) is 0 Å². The maximum absolute atomic E-state index is 4.26. The van der Waals surface area contributed by atoms with Gasteiger partial charge in [0, 0.05) is 11.4 Å². The number of rotatable bonds is 5. The Morgan fingerprint density at radius 3 is 2.65 bits per heavy atom. The Morgan fingerprint density at radius 2 is 2.06 bits per heavy atom. The van der Waals surface area contributed by atoms with Gasteiger partial charge >= 0.3 is 0 Å². The number of aromatic amines is 1. The van der Waals surface area contributed by atoms with E-state index < -0.39 is 0 Å². The number of hydrogen-bond acceptors (Lipinski definition) is 4. The van der Waals surface area contributed by atoms with Crippen LogP contribution in [0.25, 0.3) is 0 Å². The Labute approximate surface area is 105 Å². The van der Waals surface area contributed by atoms with Crippen LogP contribution < -0.4 is 5.32 Å². The second-order valence-corrected chi connectivity index (χ2v) is 4.77. The zero-order valence-corrected chi connectivity index (χ0v) is 10.8. The Balaban J connectivity index is 1.98. The molecule has 0 spiro atoms. The van der Waals surface area contributed by atoms with Crippen LogP contribution in [0.4, 0.5) is 0 Å². The van der Waals surface area contributed by atoms with E-state index in [1.165, 1.54) is 5.56 Å². The predicted octanol–water partition coefficient (Wildman–Crippen LogP) is 2.37. The molecule has 0 saturated carbocycles. The molecule has 0 atom stereocenters. The lowest BCUT2D eigenvalue weighted by atomic mass is 10.2. The molecule has 1 heterocycles. The first-order valence-corrected chi connectivity index (χ1v) is 6.46. The monoisotopic (exact) mass is 248 g/mol. The molecule has 2 rings (SSSR count). The van der Waals surface area contributed by atoms with Crippen LogP contribution in [0.1, 0.15) is 18.3 Å². The highest BCUT2D eigenvalue weighted by Crippen LogP contribution is 2.24. The number of aromatic nitrogens is 3. The largest absolute Gasteiger partial charge is 0.313 e. The van der Waals surface area contributed by atoms with Crippen LogP contribution in [0, 0.1) is 6.92 Å². The van der Waals surface area contributed by atoms with E-state index >= 15 is 0 Å². The molecule has 0 amide bonds.